The summed E-state index contributed by atoms with van der Waals surface area (Å²) < 4.78 is 0. The van der Waals surface area contributed by atoms with Gasteiger partial charge in [-0.05, 0) is 19.1 Å². The summed E-state index contributed by atoms with van der Waals surface area (Å²) in [5.74, 6) is 0.805. The molecule has 0 spiro atoms. The van der Waals surface area contributed by atoms with E-state index in [1.54, 1.807) is 0 Å². The molecule has 1 saturated heterocycles. The third-order valence-corrected chi connectivity index (χ3v) is 2.13. The fourth-order valence-electron chi connectivity index (χ4n) is 1.39. The molecule has 1 aromatic heterocycles. The van der Waals surface area contributed by atoms with Crippen molar-refractivity contribution in [2.24, 2.45) is 0 Å². The molecule has 0 saturated carbocycles. The molecular weight excluding hydrogens is 180 g/mol. The Hall–Kier alpha value is -1.65. The normalized spacial score (nSPS) is 20.6. The SMILES string of the molecule is Cc1ccc(NC2CNC(=O)C2)nn1. The molecule has 1 aliphatic rings. The van der Waals surface area contributed by atoms with E-state index >= 15 is 0 Å². The van der Waals surface area contributed by atoms with Crippen LogP contribution in [0.25, 0.3) is 0 Å². The zero-order valence-corrected chi connectivity index (χ0v) is 7.95. The number of anilines is 1. The van der Waals surface area contributed by atoms with Gasteiger partial charge in [0, 0.05) is 13.0 Å². The molecule has 2 rings (SSSR count). The van der Waals surface area contributed by atoms with Gasteiger partial charge in [0.15, 0.2) is 0 Å². The van der Waals surface area contributed by atoms with Gasteiger partial charge in [0.25, 0.3) is 0 Å². The Bertz CT molecular complexity index is 335. The summed E-state index contributed by atoms with van der Waals surface area (Å²) in [5.41, 5.74) is 0.885. The first kappa shape index (κ1) is 8.93. The minimum absolute atomic E-state index is 0.0857. The van der Waals surface area contributed by atoms with Gasteiger partial charge in [0.05, 0.1) is 11.7 Å². The molecule has 14 heavy (non-hydrogen) atoms. The molecule has 1 unspecified atom stereocenters. The van der Waals surface area contributed by atoms with Crippen LogP contribution >= 0.6 is 0 Å². The Morgan fingerprint density at radius 2 is 2.36 bits per heavy atom. The summed E-state index contributed by atoms with van der Waals surface area (Å²) in [6.07, 6.45) is 0.509. The minimum atomic E-state index is 0.0857. The predicted molar refractivity (Wildman–Crippen MR) is 51.8 cm³/mol. The molecule has 74 valence electrons. The lowest BCUT2D eigenvalue weighted by Crippen LogP contribution is -2.23. The van der Waals surface area contributed by atoms with E-state index in [0.717, 1.165) is 11.5 Å². The van der Waals surface area contributed by atoms with Gasteiger partial charge in [-0.3, -0.25) is 4.79 Å². The Labute approximate surface area is 81.9 Å². The van der Waals surface area contributed by atoms with Gasteiger partial charge in [-0.2, -0.15) is 5.10 Å². The smallest absolute Gasteiger partial charge is 0.222 e. The van der Waals surface area contributed by atoms with Crippen molar-refractivity contribution in [2.45, 2.75) is 19.4 Å². The summed E-state index contributed by atoms with van der Waals surface area (Å²) in [5, 5.41) is 13.8. The van der Waals surface area contributed by atoms with E-state index < -0.39 is 0 Å². The minimum Gasteiger partial charge on any atom is -0.364 e. The molecule has 0 bridgehead atoms. The second kappa shape index (κ2) is 3.61. The molecule has 2 N–H and O–H groups in total. The highest BCUT2D eigenvalue weighted by atomic mass is 16.1. The van der Waals surface area contributed by atoms with E-state index in [0.29, 0.717) is 13.0 Å². The van der Waals surface area contributed by atoms with Crippen LogP contribution in [0.1, 0.15) is 12.1 Å². The lowest BCUT2D eigenvalue weighted by Gasteiger charge is -2.09. The van der Waals surface area contributed by atoms with E-state index in [1.165, 1.54) is 0 Å². The van der Waals surface area contributed by atoms with Crippen molar-refractivity contribution in [3.05, 3.63) is 17.8 Å². The van der Waals surface area contributed by atoms with Gasteiger partial charge in [-0.15, -0.1) is 5.10 Å². The maximum atomic E-state index is 10.9. The standard InChI is InChI=1S/C9H12N4O/c1-6-2-3-8(13-12-6)11-7-4-9(14)10-5-7/h2-3,7H,4-5H2,1H3,(H,10,14)(H,11,13). The van der Waals surface area contributed by atoms with Gasteiger partial charge >= 0.3 is 0 Å². The molecule has 2 heterocycles. The Balaban J connectivity index is 1.97. The predicted octanol–water partition coefficient (Wildman–Crippen LogP) is 0.0854. The molecule has 0 radical (unpaired) electrons. The lowest BCUT2D eigenvalue weighted by atomic mass is 10.2. The second-order valence-corrected chi connectivity index (χ2v) is 3.41. The second-order valence-electron chi connectivity index (χ2n) is 3.41. The van der Waals surface area contributed by atoms with Crippen molar-refractivity contribution in [3.8, 4) is 0 Å². The maximum absolute atomic E-state index is 10.9. The number of aryl methyl sites for hydroxylation is 1. The fourth-order valence-corrected chi connectivity index (χ4v) is 1.39. The van der Waals surface area contributed by atoms with Crippen LogP contribution in [0.5, 0.6) is 0 Å². The number of rotatable bonds is 2. The number of hydrogen-bond acceptors (Lipinski definition) is 4. The summed E-state index contributed by atoms with van der Waals surface area (Å²) >= 11 is 0. The first-order chi connectivity index (χ1) is 6.74. The van der Waals surface area contributed by atoms with Gasteiger partial charge in [-0.25, -0.2) is 0 Å². The summed E-state index contributed by atoms with van der Waals surface area (Å²) in [4.78, 5) is 10.9. The van der Waals surface area contributed by atoms with Gasteiger partial charge in [0.2, 0.25) is 5.91 Å². The van der Waals surface area contributed by atoms with Gasteiger partial charge in [0.1, 0.15) is 5.82 Å². The number of carbonyl (C=O) groups is 1. The lowest BCUT2D eigenvalue weighted by molar-refractivity contribution is -0.119. The molecular formula is C9H12N4O. The fraction of sp³-hybridized carbons (Fsp3) is 0.444. The Morgan fingerprint density at radius 1 is 1.50 bits per heavy atom. The third-order valence-electron chi connectivity index (χ3n) is 2.13. The molecule has 1 amide bonds. The van der Waals surface area contributed by atoms with Crippen molar-refractivity contribution in [2.75, 3.05) is 11.9 Å². The van der Waals surface area contributed by atoms with Crippen LogP contribution in [0, 0.1) is 6.92 Å². The molecule has 0 aliphatic carbocycles. The Morgan fingerprint density at radius 3 is 2.93 bits per heavy atom. The van der Waals surface area contributed by atoms with E-state index in [1.807, 2.05) is 19.1 Å². The van der Waals surface area contributed by atoms with Crippen LogP contribution < -0.4 is 10.6 Å². The average Bonchev–Trinajstić information content (AvgIpc) is 2.56. The molecule has 1 aliphatic heterocycles. The molecule has 1 atom stereocenters. The number of hydrogen-bond donors (Lipinski definition) is 2. The zero-order chi connectivity index (χ0) is 9.97. The molecule has 1 aromatic rings. The molecule has 5 nitrogen and oxygen atoms in total. The Kier molecular flexibility index (Phi) is 2.30. The van der Waals surface area contributed by atoms with E-state index in [4.69, 9.17) is 0 Å². The highest BCUT2D eigenvalue weighted by Crippen LogP contribution is 2.08. The van der Waals surface area contributed by atoms with E-state index in [2.05, 4.69) is 20.8 Å². The van der Waals surface area contributed by atoms with Crippen LogP contribution in [-0.2, 0) is 4.79 Å². The largest absolute Gasteiger partial charge is 0.364 e. The summed E-state index contributed by atoms with van der Waals surface area (Å²) in [6, 6.07) is 3.89. The van der Waals surface area contributed by atoms with Crippen LogP contribution in [0.15, 0.2) is 12.1 Å². The van der Waals surface area contributed by atoms with Crippen LogP contribution in [0.3, 0.4) is 0 Å². The van der Waals surface area contributed by atoms with Crippen molar-refractivity contribution in [1.29, 1.82) is 0 Å². The third kappa shape index (κ3) is 1.99. The van der Waals surface area contributed by atoms with Crippen molar-refractivity contribution < 1.29 is 4.79 Å². The highest BCUT2D eigenvalue weighted by Gasteiger charge is 2.21. The van der Waals surface area contributed by atoms with Crippen LogP contribution in [-0.4, -0.2) is 28.7 Å². The first-order valence-corrected chi connectivity index (χ1v) is 4.57. The van der Waals surface area contributed by atoms with Gasteiger partial charge < -0.3 is 10.6 Å². The van der Waals surface area contributed by atoms with E-state index in [-0.39, 0.29) is 11.9 Å². The average molecular weight is 192 g/mol. The zero-order valence-electron chi connectivity index (χ0n) is 7.95. The topological polar surface area (TPSA) is 66.9 Å². The maximum Gasteiger partial charge on any atom is 0.222 e. The number of carbonyl (C=O) groups excluding carboxylic acids is 1. The number of aromatic nitrogens is 2. The number of amides is 1. The first-order valence-electron chi connectivity index (χ1n) is 4.57. The van der Waals surface area contributed by atoms with Crippen LogP contribution in [0.4, 0.5) is 5.82 Å². The molecule has 5 heteroatoms. The summed E-state index contributed by atoms with van der Waals surface area (Å²) in [7, 11) is 0. The molecule has 0 aromatic carbocycles. The van der Waals surface area contributed by atoms with Gasteiger partial charge in [-0.1, -0.05) is 0 Å². The molecule has 1 fully saturated rings. The highest BCUT2D eigenvalue weighted by molar-refractivity contribution is 5.79. The van der Waals surface area contributed by atoms with Crippen molar-refractivity contribution in [3.63, 3.8) is 0 Å². The quantitative estimate of drug-likeness (QED) is 0.696. The number of nitrogens with zero attached hydrogens (tertiary/aromatic N) is 2. The van der Waals surface area contributed by atoms with Crippen molar-refractivity contribution >= 4 is 11.7 Å². The van der Waals surface area contributed by atoms with Crippen molar-refractivity contribution in [1.82, 2.24) is 15.5 Å². The monoisotopic (exact) mass is 192 g/mol. The number of nitrogens with one attached hydrogen (secondary N) is 2. The van der Waals surface area contributed by atoms with Crippen LogP contribution in [0.2, 0.25) is 0 Å². The summed E-state index contributed by atoms with van der Waals surface area (Å²) in [6.45, 7) is 2.55. The van der Waals surface area contributed by atoms with E-state index in [9.17, 15) is 4.79 Å².